The van der Waals surface area contributed by atoms with Crippen molar-refractivity contribution in [3.63, 3.8) is 0 Å². The number of amides is 1. The first-order valence-electron chi connectivity index (χ1n) is 7.75. The van der Waals surface area contributed by atoms with Crippen molar-refractivity contribution in [3.05, 3.63) is 42.1 Å². The van der Waals surface area contributed by atoms with Gasteiger partial charge in [-0.05, 0) is 43.7 Å². The van der Waals surface area contributed by atoms with Crippen molar-refractivity contribution in [1.82, 2.24) is 4.98 Å². The number of carbonyl (C=O) groups is 1. The average Bonchev–Trinajstić information content (AvgIpc) is 2.56. The third kappa shape index (κ3) is 4.87. The zero-order valence-corrected chi connectivity index (χ0v) is 14.4. The lowest BCUT2D eigenvalue weighted by atomic mass is 10.1. The Bertz CT molecular complexity index is 684. The fourth-order valence-corrected chi connectivity index (χ4v) is 2.25. The van der Waals surface area contributed by atoms with Gasteiger partial charge < -0.3 is 20.1 Å². The van der Waals surface area contributed by atoms with Gasteiger partial charge in [-0.25, -0.2) is 4.98 Å². The molecule has 0 aliphatic heterocycles. The second kappa shape index (κ2) is 8.19. The highest BCUT2D eigenvalue weighted by Gasteiger charge is 2.09. The zero-order chi connectivity index (χ0) is 17.5. The van der Waals surface area contributed by atoms with E-state index in [2.05, 4.69) is 29.5 Å². The van der Waals surface area contributed by atoms with Gasteiger partial charge in [0.2, 0.25) is 5.91 Å². The van der Waals surface area contributed by atoms with Crippen LogP contribution in [0.25, 0.3) is 0 Å². The minimum Gasteiger partial charge on any atom is -0.493 e. The molecule has 128 valence electrons. The van der Waals surface area contributed by atoms with Crippen LogP contribution in [-0.2, 0) is 11.2 Å². The molecule has 0 unspecified atom stereocenters. The minimum atomic E-state index is -0.140. The molecule has 0 radical (unpaired) electrons. The molecule has 0 bridgehead atoms. The Morgan fingerprint density at radius 1 is 1.12 bits per heavy atom. The number of nitrogens with one attached hydrogen (secondary N) is 2. The number of hydrogen-bond donors (Lipinski definition) is 2. The van der Waals surface area contributed by atoms with E-state index in [0.29, 0.717) is 23.4 Å². The lowest BCUT2D eigenvalue weighted by Gasteiger charge is -2.11. The summed E-state index contributed by atoms with van der Waals surface area (Å²) in [7, 11) is 3.14. The summed E-state index contributed by atoms with van der Waals surface area (Å²) >= 11 is 0. The third-order valence-electron chi connectivity index (χ3n) is 3.30. The van der Waals surface area contributed by atoms with Crippen LogP contribution in [0, 0.1) is 0 Å². The first kappa shape index (κ1) is 17.6. The van der Waals surface area contributed by atoms with Crippen LogP contribution in [0.1, 0.15) is 19.4 Å². The molecule has 0 saturated carbocycles. The van der Waals surface area contributed by atoms with Crippen molar-refractivity contribution in [2.45, 2.75) is 26.3 Å². The van der Waals surface area contributed by atoms with E-state index in [1.807, 2.05) is 12.1 Å². The molecular formula is C18H23N3O3. The largest absolute Gasteiger partial charge is 0.493 e. The number of hydrogen-bond acceptors (Lipinski definition) is 5. The summed E-state index contributed by atoms with van der Waals surface area (Å²) in [6, 6.07) is 9.41. The van der Waals surface area contributed by atoms with E-state index in [9.17, 15) is 4.79 Å². The molecule has 1 heterocycles. The number of carbonyl (C=O) groups excluding carboxylic acids is 1. The lowest BCUT2D eigenvalue weighted by molar-refractivity contribution is -0.115. The zero-order valence-electron chi connectivity index (χ0n) is 14.4. The van der Waals surface area contributed by atoms with Crippen LogP contribution in [0.15, 0.2) is 36.5 Å². The Morgan fingerprint density at radius 3 is 2.46 bits per heavy atom. The molecular weight excluding hydrogens is 306 g/mol. The van der Waals surface area contributed by atoms with Gasteiger partial charge >= 0.3 is 0 Å². The molecule has 2 aromatic rings. The molecule has 24 heavy (non-hydrogen) atoms. The van der Waals surface area contributed by atoms with E-state index in [4.69, 9.17) is 9.47 Å². The van der Waals surface area contributed by atoms with E-state index < -0.39 is 0 Å². The Kier molecular flexibility index (Phi) is 6.01. The predicted octanol–water partition coefficient (Wildman–Crippen LogP) is 3.10. The van der Waals surface area contributed by atoms with Crippen molar-refractivity contribution in [2.24, 2.45) is 0 Å². The fourth-order valence-electron chi connectivity index (χ4n) is 2.25. The molecule has 0 aliphatic rings. The van der Waals surface area contributed by atoms with Crippen LogP contribution >= 0.6 is 0 Å². The van der Waals surface area contributed by atoms with Gasteiger partial charge in [-0.2, -0.15) is 0 Å². The first-order valence-corrected chi connectivity index (χ1v) is 7.75. The molecule has 2 rings (SSSR count). The maximum atomic E-state index is 12.2. The average molecular weight is 329 g/mol. The van der Waals surface area contributed by atoms with Crippen LogP contribution in [-0.4, -0.2) is 31.2 Å². The monoisotopic (exact) mass is 329 g/mol. The molecule has 6 nitrogen and oxygen atoms in total. The van der Waals surface area contributed by atoms with Gasteiger partial charge in [0.15, 0.2) is 11.5 Å². The van der Waals surface area contributed by atoms with Gasteiger partial charge in [0.1, 0.15) is 5.82 Å². The molecule has 2 N–H and O–H groups in total. The predicted molar refractivity (Wildman–Crippen MR) is 94.9 cm³/mol. The van der Waals surface area contributed by atoms with Gasteiger partial charge in [0.05, 0.1) is 32.5 Å². The van der Waals surface area contributed by atoms with Gasteiger partial charge in [-0.3, -0.25) is 4.79 Å². The van der Waals surface area contributed by atoms with Gasteiger partial charge in [-0.1, -0.05) is 6.07 Å². The van der Waals surface area contributed by atoms with Crippen LogP contribution < -0.4 is 20.1 Å². The normalized spacial score (nSPS) is 10.4. The third-order valence-corrected chi connectivity index (χ3v) is 3.30. The number of rotatable bonds is 7. The van der Waals surface area contributed by atoms with Crippen molar-refractivity contribution in [2.75, 3.05) is 24.9 Å². The van der Waals surface area contributed by atoms with Crippen molar-refractivity contribution < 1.29 is 14.3 Å². The summed E-state index contributed by atoms with van der Waals surface area (Å²) in [6.07, 6.45) is 1.93. The molecule has 0 spiro atoms. The number of nitrogens with zero attached hydrogens (tertiary/aromatic N) is 1. The Hall–Kier alpha value is -2.76. The van der Waals surface area contributed by atoms with E-state index in [-0.39, 0.29) is 12.3 Å². The summed E-state index contributed by atoms with van der Waals surface area (Å²) in [5.74, 6) is 1.62. The van der Waals surface area contributed by atoms with Crippen LogP contribution in [0.4, 0.5) is 11.5 Å². The van der Waals surface area contributed by atoms with Gasteiger partial charge in [-0.15, -0.1) is 0 Å². The van der Waals surface area contributed by atoms with E-state index in [1.54, 1.807) is 38.6 Å². The molecule has 0 aliphatic carbocycles. The molecule has 1 amide bonds. The highest BCUT2D eigenvalue weighted by Crippen LogP contribution is 2.27. The maximum Gasteiger partial charge on any atom is 0.229 e. The van der Waals surface area contributed by atoms with Crippen LogP contribution in [0.3, 0.4) is 0 Å². The van der Waals surface area contributed by atoms with E-state index >= 15 is 0 Å². The summed E-state index contributed by atoms with van der Waals surface area (Å²) in [4.78, 5) is 16.4. The second-order valence-corrected chi connectivity index (χ2v) is 5.65. The smallest absolute Gasteiger partial charge is 0.229 e. The highest BCUT2D eigenvalue weighted by atomic mass is 16.5. The Labute approximate surface area is 142 Å². The standard InChI is InChI=1S/C18H23N3O3/c1-12(2)20-14-6-8-17(19-11-14)21-18(22)10-13-5-7-15(23-3)16(9-13)24-4/h5-9,11-12,20H,10H2,1-4H3,(H,19,21,22). The molecule has 0 fully saturated rings. The molecule has 6 heteroatoms. The summed E-state index contributed by atoms with van der Waals surface area (Å²) < 4.78 is 10.4. The van der Waals surface area contributed by atoms with Crippen molar-refractivity contribution in [3.8, 4) is 11.5 Å². The second-order valence-electron chi connectivity index (χ2n) is 5.65. The van der Waals surface area contributed by atoms with Crippen molar-refractivity contribution in [1.29, 1.82) is 0 Å². The topological polar surface area (TPSA) is 72.5 Å². The number of aromatic nitrogens is 1. The van der Waals surface area contributed by atoms with Crippen molar-refractivity contribution >= 4 is 17.4 Å². The number of methoxy groups -OCH3 is 2. The minimum absolute atomic E-state index is 0.140. The number of anilines is 2. The van der Waals surface area contributed by atoms with Crippen LogP contribution in [0.2, 0.25) is 0 Å². The van der Waals surface area contributed by atoms with Gasteiger partial charge in [0.25, 0.3) is 0 Å². The summed E-state index contributed by atoms with van der Waals surface area (Å²) in [6.45, 7) is 4.11. The van der Waals surface area contributed by atoms with E-state index in [1.165, 1.54) is 0 Å². The fraction of sp³-hybridized carbons (Fsp3) is 0.333. The SMILES string of the molecule is COc1ccc(CC(=O)Nc2ccc(NC(C)C)cn2)cc1OC. The summed E-state index contributed by atoms with van der Waals surface area (Å²) in [5, 5.41) is 6.03. The van der Waals surface area contributed by atoms with E-state index in [0.717, 1.165) is 11.3 Å². The quantitative estimate of drug-likeness (QED) is 0.816. The highest BCUT2D eigenvalue weighted by molar-refractivity contribution is 5.91. The maximum absolute atomic E-state index is 12.2. The molecule has 1 aromatic heterocycles. The Balaban J connectivity index is 1.98. The molecule has 0 saturated heterocycles. The lowest BCUT2D eigenvalue weighted by Crippen LogP contribution is -2.16. The molecule has 0 atom stereocenters. The molecule has 1 aromatic carbocycles. The number of ether oxygens (including phenoxy) is 2. The first-order chi connectivity index (χ1) is 11.5. The number of benzene rings is 1. The number of pyridine rings is 1. The Morgan fingerprint density at radius 2 is 1.88 bits per heavy atom. The summed E-state index contributed by atoms with van der Waals surface area (Å²) in [5.41, 5.74) is 1.76. The van der Waals surface area contributed by atoms with Gasteiger partial charge in [0, 0.05) is 6.04 Å². The van der Waals surface area contributed by atoms with Crippen LogP contribution in [0.5, 0.6) is 11.5 Å².